The molecule has 2 bridgehead atoms. The third kappa shape index (κ3) is 4.48. The highest BCUT2D eigenvalue weighted by molar-refractivity contribution is 5.84. The van der Waals surface area contributed by atoms with Gasteiger partial charge in [0.2, 0.25) is 5.91 Å². The number of fused-ring (bicyclic) bond motifs is 2. The number of aromatic nitrogens is 1. The number of likely N-dealkylation sites (tertiary alicyclic amines) is 2. The topological polar surface area (TPSA) is 48.9 Å². The van der Waals surface area contributed by atoms with E-state index in [0.29, 0.717) is 25.2 Å². The van der Waals surface area contributed by atoms with E-state index in [-0.39, 0.29) is 17.8 Å². The van der Waals surface area contributed by atoms with Crippen molar-refractivity contribution in [1.29, 1.82) is 0 Å². The highest BCUT2D eigenvalue weighted by atomic mass is 19.1. The van der Waals surface area contributed by atoms with Gasteiger partial charge < -0.3 is 14.5 Å². The number of hydrogen-bond donors (Lipinski definition) is 0. The van der Waals surface area contributed by atoms with Gasteiger partial charge in [0.15, 0.2) is 0 Å². The summed E-state index contributed by atoms with van der Waals surface area (Å²) in [6.07, 6.45) is 3.72. The van der Waals surface area contributed by atoms with Gasteiger partial charge in [0, 0.05) is 38.3 Å². The van der Waals surface area contributed by atoms with E-state index >= 15 is 0 Å². The van der Waals surface area contributed by atoms with E-state index in [1.54, 1.807) is 18.3 Å². The first kappa shape index (κ1) is 22.0. The van der Waals surface area contributed by atoms with Crippen LogP contribution in [0.1, 0.15) is 24.0 Å². The first-order valence-corrected chi connectivity index (χ1v) is 12.3. The number of anilines is 1. The molecule has 3 fully saturated rings. The maximum atomic E-state index is 13.2. The molecule has 0 radical (unpaired) electrons. The molecule has 3 saturated heterocycles. The lowest BCUT2D eigenvalue weighted by Crippen LogP contribution is -2.52. The van der Waals surface area contributed by atoms with Crippen molar-refractivity contribution in [3.05, 3.63) is 89.9 Å². The highest BCUT2D eigenvalue weighted by Gasteiger charge is 2.49. The minimum Gasteiger partial charge on any atom is -0.487 e. The van der Waals surface area contributed by atoms with Crippen LogP contribution >= 0.6 is 0 Å². The van der Waals surface area contributed by atoms with Gasteiger partial charge in [0.05, 0.1) is 12.2 Å². The summed E-state index contributed by atoms with van der Waals surface area (Å²) in [7, 11) is 0. The van der Waals surface area contributed by atoms with Crippen molar-refractivity contribution < 1.29 is 13.9 Å². The average molecular weight is 473 g/mol. The van der Waals surface area contributed by atoms with Crippen LogP contribution in [-0.2, 0) is 17.9 Å². The number of amides is 1. The van der Waals surface area contributed by atoms with Gasteiger partial charge in [-0.15, -0.1) is 0 Å². The number of nitrogens with zero attached hydrogens (tertiary/aromatic N) is 4. The van der Waals surface area contributed by atoms with Gasteiger partial charge in [-0.05, 0) is 48.2 Å². The van der Waals surface area contributed by atoms with Crippen LogP contribution in [0.25, 0.3) is 0 Å². The van der Waals surface area contributed by atoms with Crippen LogP contribution in [0.3, 0.4) is 0 Å². The van der Waals surface area contributed by atoms with Gasteiger partial charge in [-0.25, -0.2) is 9.37 Å². The number of carbonyl (C=O) groups excluding carboxylic acids is 1. The zero-order valence-corrected chi connectivity index (χ0v) is 19.6. The number of halogens is 1. The fourth-order valence-electron chi connectivity index (χ4n) is 5.73. The maximum absolute atomic E-state index is 13.2. The zero-order chi connectivity index (χ0) is 23.8. The largest absolute Gasteiger partial charge is 0.487 e. The van der Waals surface area contributed by atoms with Crippen LogP contribution < -0.4 is 9.64 Å². The van der Waals surface area contributed by atoms with E-state index in [9.17, 15) is 9.18 Å². The van der Waals surface area contributed by atoms with Crippen LogP contribution in [0, 0.1) is 5.82 Å². The fourth-order valence-corrected chi connectivity index (χ4v) is 5.73. The second-order valence-electron chi connectivity index (χ2n) is 9.71. The van der Waals surface area contributed by atoms with Gasteiger partial charge in [-0.1, -0.05) is 42.5 Å². The Balaban J connectivity index is 1.04. The molecule has 2 aromatic carbocycles. The van der Waals surface area contributed by atoms with E-state index < -0.39 is 0 Å². The molecule has 1 aromatic heterocycles. The molecule has 0 spiro atoms. The summed E-state index contributed by atoms with van der Waals surface area (Å²) in [5, 5.41) is 0. The zero-order valence-electron chi connectivity index (χ0n) is 19.6. The van der Waals surface area contributed by atoms with Crippen molar-refractivity contribution in [3.63, 3.8) is 0 Å². The summed E-state index contributed by atoms with van der Waals surface area (Å²) < 4.78 is 19.1. The number of ether oxygens (including phenoxy) is 1. The van der Waals surface area contributed by atoms with E-state index in [0.717, 1.165) is 55.2 Å². The Morgan fingerprint density at radius 3 is 2.49 bits per heavy atom. The number of rotatable bonds is 7. The van der Waals surface area contributed by atoms with Crippen LogP contribution in [0.15, 0.2) is 72.9 Å². The van der Waals surface area contributed by atoms with E-state index in [1.807, 2.05) is 47.4 Å². The maximum Gasteiger partial charge on any atom is 0.240 e. The first-order valence-electron chi connectivity index (χ1n) is 12.3. The molecule has 3 aliphatic rings. The third-order valence-electron chi connectivity index (χ3n) is 7.50. The Morgan fingerprint density at radius 2 is 1.77 bits per heavy atom. The minimum atomic E-state index is -0.249. The Hall–Kier alpha value is -3.45. The summed E-state index contributed by atoms with van der Waals surface area (Å²) in [5.74, 6) is 1.69. The van der Waals surface area contributed by atoms with E-state index in [1.165, 1.54) is 12.1 Å². The second-order valence-corrected chi connectivity index (χ2v) is 9.71. The molecular formula is C28H29FN4O2. The molecule has 0 aliphatic carbocycles. The van der Waals surface area contributed by atoms with Gasteiger partial charge in [-0.2, -0.15) is 0 Å². The molecule has 6 nitrogen and oxygen atoms in total. The lowest BCUT2D eigenvalue weighted by atomic mass is 10.1. The Kier molecular flexibility index (Phi) is 5.86. The summed E-state index contributed by atoms with van der Waals surface area (Å²) in [4.78, 5) is 24.5. The average Bonchev–Trinajstić information content (AvgIpc) is 3.60. The van der Waals surface area contributed by atoms with Gasteiger partial charge in [-0.3, -0.25) is 9.69 Å². The molecule has 6 rings (SSSR count). The summed E-state index contributed by atoms with van der Waals surface area (Å²) in [6, 6.07) is 21.3. The van der Waals surface area contributed by atoms with Crippen molar-refractivity contribution in [2.75, 3.05) is 24.5 Å². The summed E-state index contributed by atoms with van der Waals surface area (Å²) >= 11 is 0. The lowest BCUT2D eigenvalue weighted by molar-refractivity contribution is -0.133. The third-order valence-corrected chi connectivity index (χ3v) is 7.50. The van der Waals surface area contributed by atoms with Crippen LogP contribution in [0.5, 0.6) is 5.75 Å². The van der Waals surface area contributed by atoms with E-state index in [2.05, 4.69) is 14.8 Å². The second kappa shape index (κ2) is 9.30. The first-order chi connectivity index (χ1) is 17.1. The normalized spacial score (nSPS) is 23.9. The quantitative estimate of drug-likeness (QED) is 0.523. The van der Waals surface area contributed by atoms with Crippen molar-refractivity contribution in [2.45, 2.75) is 44.1 Å². The lowest BCUT2D eigenvalue weighted by Gasteiger charge is -2.37. The molecule has 3 aliphatic heterocycles. The Labute approximate surface area is 204 Å². The molecule has 4 heterocycles. The number of hydrogen-bond acceptors (Lipinski definition) is 5. The summed E-state index contributed by atoms with van der Waals surface area (Å²) in [6.45, 7) is 3.61. The van der Waals surface area contributed by atoms with E-state index in [4.69, 9.17) is 4.74 Å². The predicted molar refractivity (Wildman–Crippen MR) is 131 cm³/mol. The van der Waals surface area contributed by atoms with Crippen molar-refractivity contribution in [2.24, 2.45) is 0 Å². The molecule has 0 unspecified atom stereocenters. The number of piperazine rings is 1. The van der Waals surface area contributed by atoms with Gasteiger partial charge in [0.1, 0.15) is 24.0 Å². The fraction of sp³-hybridized carbons (Fsp3) is 0.357. The molecule has 0 N–H and O–H groups in total. The molecule has 7 heteroatoms. The van der Waals surface area contributed by atoms with Gasteiger partial charge in [0.25, 0.3) is 0 Å². The molecule has 0 saturated carbocycles. The SMILES string of the molecule is O=C1[C@H](N2C[C@@H]3C[C@H]2CN3c2ccc(OCc3ccccc3)cn2)CCN1Cc1ccc(F)cc1. The van der Waals surface area contributed by atoms with Crippen LogP contribution in [-0.4, -0.2) is 58.5 Å². The van der Waals surface area contributed by atoms with Crippen molar-refractivity contribution in [1.82, 2.24) is 14.8 Å². The molecular weight excluding hydrogens is 443 g/mol. The number of carbonyl (C=O) groups is 1. The molecule has 180 valence electrons. The number of benzene rings is 2. The smallest absolute Gasteiger partial charge is 0.240 e. The number of pyridine rings is 1. The van der Waals surface area contributed by atoms with Crippen LogP contribution in [0.2, 0.25) is 0 Å². The Bertz CT molecular complexity index is 1170. The van der Waals surface area contributed by atoms with Gasteiger partial charge >= 0.3 is 0 Å². The molecule has 1 amide bonds. The van der Waals surface area contributed by atoms with Crippen molar-refractivity contribution in [3.8, 4) is 5.75 Å². The monoisotopic (exact) mass is 472 g/mol. The molecule has 35 heavy (non-hydrogen) atoms. The predicted octanol–water partition coefficient (Wildman–Crippen LogP) is 3.86. The summed E-state index contributed by atoms with van der Waals surface area (Å²) in [5.41, 5.74) is 2.10. The standard InChI is InChI=1S/C28H29FN4O2/c29-22-8-6-20(7-9-22)16-31-13-12-26(28(31)34)32-17-24-14-23(32)18-33(24)27-11-10-25(15-30-27)35-19-21-4-2-1-3-5-21/h1-11,15,23-24,26H,12-14,16-19H2/t23-,24-,26+/m0/s1. The van der Waals surface area contributed by atoms with Crippen molar-refractivity contribution >= 4 is 11.7 Å². The highest BCUT2D eigenvalue weighted by Crippen LogP contribution is 2.37. The molecule has 3 atom stereocenters. The minimum absolute atomic E-state index is 0.0469. The van der Waals surface area contributed by atoms with Crippen LogP contribution in [0.4, 0.5) is 10.2 Å². The molecule has 3 aromatic rings. The Morgan fingerprint density at radius 1 is 0.943 bits per heavy atom.